The van der Waals surface area contributed by atoms with Gasteiger partial charge in [-0.05, 0) is 19.3 Å². The molecule has 0 fully saturated rings. The monoisotopic (exact) mass is 404 g/mol. The Bertz CT molecular complexity index is 422. The molecule has 0 aromatic carbocycles. The third-order valence-corrected chi connectivity index (χ3v) is 3.97. The molecule has 0 saturated carbocycles. The van der Waals surface area contributed by atoms with Crippen LogP contribution in [0, 0.1) is 0 Å². The highest BCUT2D eigenvalue weighted by Crippen LogP contribution is 2.09. The van der Waals surface area contributed by atoms with E-state index in [2.05, 4.69) is 6.92 Å². The Hall–Kier alpha value is -2.12. The second-order valence-electron chi connectivity index (χ2n) is 6.61. The smallest absolute Gasteiger partial charge is 0.414 e. The number of rotatable bonds is 16. The Balaban J connectivity index is 0. The van der Waals surface area contributed by atoms with Crippen molar-refractivity contribution in [2.45, 2.75) is 96.8 Å². The summed E-state index contributed by atoms with van der Waals surface area (Å²) < 4.78 is 5.22. The van der Waals surface area contributed by atoms with Crippen LogP contribution in [0.1, 0.15) is 96.8 Å². The summed E-state index contributed by atoms with van der Waals surface area (Å²) in [6.07, 6.45) is 13.8. The van der Waals surface area contributed by atoms with Gasteiger partial charge in [-0.2, -0.15) is 0 Å². The van der Waals surface area contributed by atoms with Gasteiger partial charge >= 0.3 is 23.9 Å². The zero-order valence-electron chi connectivity index (χ0n) is 17.0. The lowest BCUT2D eigenvalue weighted by molar-refractivity contribution is -0.159. The lowest BCUT2D eigenvalue weighted by Gasteiger charge is -2.05. The first kappa shape index (κ1) is 28.1. The number of hydrogen-bond donors (Lipinski definition) is 3. The SMILES string of the molecule is CCCCCCCCOC(=O)CCCCCCCCC(=O)O.O=C(O)C(=O)O. The lowest BCUT2D eigenvalue weighted by atomic mass is 10.1. The van der Waals surface area contributed by atoms with E-state index >= 15 is 0 Å². The van der Waals surface area contributed by atoms with Gasteiger partial charge in [0, 0.05) is 12.8 Å². The van der Waals surface area contributed by atoms with Crippen LogP contribution in [0.3, 0.4) is 0 Å². The molecule has 0 heterocycles. The molecular formula is C20H36O8. The zero-order valence-corrected chi connectivity index (χ0v) is 17.0. The molecular weight excluding hydrogens is 368 g/mol. The van der Waals surface area contributed by atoms with Crippen molar-refractivity contribution in [3.8, 4) is 0 Å². The van der Waals surface area contributed by atoms with Crippen LogP contribution in [0.15, 0.2) is 0 Å². The van der Waals surface area contributed by atoms with Gasteiger partial charge in [0.15, 0.2) is 0 Å². The largest absolute Gasteiger partial charge is 0.481 e. The summed E-state index contributed by atoms with van der Waals surface area (Å²) in [5.41, 5.74) is 0. The molecule has 0 amide bonds. The molecule has 0 radical (unpaired) electrons. The van der Waals surface area contributed by atoms with Crippen LogP contribution in [0.2, 0.25) is 0 Å². The molecule has 28 heavy (non-hydrogen) atoms. The summed E-state index contributed by atoms with van der Waals surface area (Å²) in [5.74, 6) is -4.43. The maximum Gasteiger partial charge on any atom is 0.414 e. The van der Waals surface area contributed by atoms with Gasteiger partial charge < -0.3 is 20.1 Å². The van der Waals surface area contributed by atoms with E-state index in [1.165, 1.54) is 25.7 Å². The summed E-state index contributed by atoms with van der Waals surface area (Å²) in [5, 5.41) is 23.3. The molecule has 8 heteroatoms. The fraction of sp³-hybridized carbons (Fsp3) is 0.800. The number of ether oxygens (including phenoxy) is 1. The molecule has 0 spiro atoms. The number of unbranched alkanes of at least 4 members (excludes halogenated alkanes) is 10. The molecule has 0 bridgehead atoms. The third-order valence-electron chi connectivity index (χ3n) is 3.97. The van der Waals surface area contributed by atoms with E-state index in [9.17, 15) is 9.59 Å². The van der Waals surface area contributed by atoms with Gasteiger partial charge in [-0.1, -0.05) is 64.7 Å². The molecule has 0 aliphatic rings. The zero-order chi connectivity index (χ0) is 21.6. The number of aliphatic carboxylic acids is 3. The highest BCUT2D eigenvalue weighted by Gasteiger charge is 2.04. The van der Waals surface area contributed by atoms with E-state index in [1.807, 2.05) is 0 Å². The molecule has 0 aromatic heterocycles. The van der Waals surface area contributed by atoms with Crippen LogP contribution in [-0.4, -0.2) is 45.8 Å². The van der Waals surface area contributed by atoms with Crippen LogP contribution in [0.5, 0.6) is 0 Å². The number of esters is 1. The molecule has 3 N–H and O–H groups in total. The van der Waals surface area contributed by atoms with Gasteiger partial charge in [0.25, 0.3) is 0 Å². The number of carboxylic acid groups (broad SMARTS) is 3. The summed E-state index contributed by atoms with van der Waals surface area (Å²) in [4.78, 5) is 40.0. The van der Waals surface area contributed by atoms with Gasteiger partial charge in [0.1, 0.15) is 0 Å². The van der Waals surface area contributed by atoms with Gasteiger partial charge in [0.05, 0.1) is 6.61 Å². The Kier molecular flexibility index (Phi) is 21.3. The van der Waals surface area contributed by atoms with Crippen molar-refractivity contribution in [1.82, 2.24) is 0 Å². The minimum absolute atomic E-state index is 0.0700. The maximum absolute atomic E-state index is 11.5. The Labute approximate surface area is 167 Å². The van der Waals surface area contributed by atoms with E-state index < -0.39 is 17.9 Å². The Morgan fingerprint density at radius 3 is 1.50 bits per heavy atom. The summed E-state index contributed by atoms with van der Waals surface area (Å²) in [6.45, 7) is 2.78. The van der Waals surface area contributed by atoms with Crippen molar-refractivity contribution in [3.63, 3.8) is 0 Å². The Morgan fingerprint density at radius 2 is 1.04 bits per heavy atom. The van der Waals surface area contributed by atoms with Gasteiger partial charge in [-0.15, -0.1) is 0 Å². The average molecular weight is 405 g/mol. The molecule has 0 aromatic rings. The normalized spacial score (nSPS) is 9.89. The van der Waals surface area contributed by atoms with Crippen molar-refractivity contribution in [2.75, 3.05) is 6.61 Å². The molecule has 0 atom stereocenters. The van der Waals surface area contributed by atoms with Crippen LogP contribution in [0.25, 0.3) is 0 Å². The van der Waals surface area contributed by atoms with Crippen molar-refractivity contribution in [2.24, 2.45) is 0 Å². The van der Waals surface area contributed by atoms with Crippen molar-refractivity contribution >= 4 is 23.9 Å². The highest BCUT2D eigenvalue weighted by molar-refractivity contribution is 6.27. The number of carbonyl (C=O) groups is 4. The standard InChI is InChI=1S/C18H34O4.C2H2O4/c1-2-3-4-5-10-13-16-22-18(21)15-12-9-7-6-8-11-14-17(19)20;3-1(4)2(5)6/h2-16H2,1H3,(H,19,20);(H,3,4)(H,5,6). The summed E-state index contributed by atoms with van der Waals surface area (Å²) >= 11 is 0. The van der Waals surface area contributed by atoms with Crippen molar-refractivity contribution in [3.05, 3.63) is 0 Å². The van der Waals surface area contributed by atoms with E-state index in [0.29, 0.717) is 13.0 Å². The first-order chi connectivity index (χ1) is 13.3. The average Bonchev–Trinajstić information content (AvgIpc) is 2.63. The first-order valence-electron chi connectivity index (χ1n) is 10.1. The van der Waals surface area contributed by atoms with E-state index in [0.717, 1.165) is 51.4 Å². The predicted molar refractivity (Wildman–Crippen MR) is 104 cm³/mol. The maximum atomic E-state index is 11.5. The molecule has 0 aliphatic heterocycles. The number of carbonyl (C=O) groups excluding carboxylic acids is 1. The molecule has 8 nitrogen and oxygen atoms in total. The fourth-order valence-corrected chi connectivity index (χ4v) is 2.39. The van der Waals surface area contributed by atoms with Crippen LogP contribution in [-0.2, 0) is 23.9 Å². The van der Waals surface area contributed by atoms with E-state index in [4.69, 9.17) is 29.6 Å². The van der Waals surface area contributed by atoms with Gasteiger partial charge in [-0.3, -0.25) is 9.59 Å². The second-order valence-corrected chi connectivity index (χ2v) is 6.61. The first-order valence-corrected chi connectivity index (χ1v) is 10.1. The minimum Gasteiger partial charge on any atom is -0.481 e. The quantitative estimate of drug-likeness (QED) is 0.197. The third kappa shape index (κ3) is 26.1. The molecule has 164 valence electrons. The highest BCUT2D eigenvalue weighted by atomic mass is 16.5. The predicted octanol–water partition coefficient (Wildman–Crippen LogP) is 4.25. The van der Waals surface area contributed by atoms with Crippen molar-refractivity contribution in [1.29, 1.82) is 0 Å². The molecule has 0 rings (SSSR count). The molecule has 0 aliphatic carbocycles. The van der Waals surface area contributed by atoms with E-state index in [1.54, 1.807) is 0 Å². The second kappa shape index (κ2) is 21.2. The van der Waals surface area contributed by atoms with Gasteiger partial charge in [-0.25, -0.2) is 9.59 Å². The minimum atomic E-state index is -1.82. The molecule has 0 saturated heterocycles. The number of carboxylic acids is 3. The topological polar surface area (TPSA) is 138 Å². The lowest BCUT2D eigenvalue weighted by Crippen LogP contribution is -2.09. The van der Waals surface area contributed by atoms with E-state index in [-0.39, 0.29) is 12.4 Å². The number of hydrogen-bond acceptors (Lipinski definition) is 5. The van der Waals surface area contributed by atoms with Crippen LogP contribution in [0.4, 0.5) is 0 Å². The Morgan fingerprint density at radius 1 is 0.607 bits per heavy atom. The summed E-state index contributed by atoms with van der Waals surface area (Å²) in [7, 11) is 0. The van der Waals surface area contributed by atoms with Crippen molar-refractivity contribution < 1.29 is 39.2 Å². The van der Waals surface area contributed by atoms with Crippen LogP contribution >= 0.6 is 0 Å². The van der Waals surface area contributed by atoms with Gasteiger partial charge in [0.2, 0.25) is 0 Å². The van der Waals surface area contributed by atoms with Crippen LogP contribution < -0.4 is 0 Å². The molecule has 0 unspecified atom stereocenters. The fourth-order valence-electron chi connectivity index (χ4n) is 2.39. The summed E-state index contributed by atoms with van der Waals surface area (Å²) in [6, 6.07) is 0.